The third kappa shape index (κ3) is 3.40. The average Bonchev–Trinajstić information content (AvgIpc) is 2.93. The molecule has 1 aliphatic rings. The van der Waals surface area contributed by atoms with Gasteiger partial charge in [0.1, 0.15) is 0 Å². The van der Waals surface area contributed by atoms with E-state index >= 15 is 0 Å². The van der Waals surface area contributed by atoms with Crippen LogP contribution in [0.15, 0.2) is 11.4 Å². The lowest BCUT2D eigenvalue weighted by molar-refractivity contribution is -0.122. The minimum absolute atomic E-state index is 0.116. The van der Waals surface area contributed by atoms with Crippen molar-refractivity contribution in [1.29, 1.82) is 0 Å². The van der Waals surface area contributed by atoms with Gasteiger partial charge >= 0.3 is 0 Å². The van der Waals surface area contributed by atoms with E-state index in [1.54, 1.807) is 0 Å². The van der Waals surface area contributed by atoms with Crippen LogP contribution in [-0.2, 0) is 11.2 Å². The fourth-order valence-corrected chi connectivity index (χ4v) is 3.88. The van der Waals surface area contributed by atoms with Gasteiger partial charge in [0.2, 0.25) is 5.91 Å². The van der Waals surface area contributed by atoms with E-state index in [0.717, 1.165) is 25.9 Å². The lowest BCUT2D eigenvalue weighted by Crippen LogP contribution is -2.47. The number of amides is 1. The number of carbonyl (C=O) groups is 1. The second-order valence-electron chi connectivity index (χ2n) is 5.41. The van der Waals surface area contributed by atoms with E-state index in [-0.39, 0.29) is 11.9 Å². The Balaban J connectivity index is 2.00. The third-order valence-corrected chi connectivity index (χ3v) is 5.06. The fourth-order valence-electron chi connectivity index (χ4n) is 2.91. The molecular weight excluding hydrogens is 270 g/mol. The summed E-state index contributed by atoms with van der Waals surface area (Å²) in [4.78, 5) is 15.8. The summed E-state index contributed by atoms with van der Waals surface area (Å²) in [6, 6.07) is 2.70. The molecule has 3 N–H and O–H groups in total. The number of nitrogens with two attached hydrogens (primary N) is 1. The maximum Gasteiger partial charge on any atom is 0.221 e. The van der Waals surface area contributed by atoms with Crippen LogP contribution < -0.4 is 11.1 Å². The predicted molar refractivity (Wildman–Crippen MR) is 83.9 cm³/mol. The molecule has 1 aliphatic heterocycles. The molecule has 0 saturated carbocycles. The van der Waals surface area contributed by atoms with Crippen molar-refractivity contribution >= 4 is 17.2 Å². The molecule has 0 aromatic carbocycles. The van der Waals surface area contributed by atoms with Crippen molar-refractivity contribution < 1.29 is 4.79 Å². The Bertz CT molecular complexity index is 446. The zero-order valence-electron chi connectivity index (χ0n) is 12.4. The van der Waals surface area contributed by atoms with Gasteiger partial charge in [-0.3, -0.25) is 9.69 Å². The van der Waals surface area contributed by atoms with Crippen molar-refractivity contribution in [2.24, 2.45) is 5.73 Å². The molecule has 2 rings (SSSR count). The number of nitrogens with one attached hydrogen (secondary N) is 1. The van der Waals surface area contributed by atoms with Crippen LogP contribution in [0.2, 0.25) is 0 Å². The highest BCUT2D eigenvalue weighted by molar-refractivity contribution is 7.10. The molecule has 112 valence electrons. The van der Waals surface area contributed by atoms with E-state index in [4.69, 9.17) is 5.73 Å². The maximum atomic E-state index is 11.9. The van der Waals surface area contributed by atoms with Gasteiger partial charge in [-0.15, -0.1) is 11.3 Å². The van der Waals surface area contributed by atoms with Gasteiger partial charge in [0, 0.05) is 43.0 Å². The fraction of sp³-hybridized carbons (Fsp3) is 0.667. The molecule has 2 heterocycles. The molecule has 0 bridgehead atoms. The lowest BCUT2D eigenvalue weighted by Gasteiger charge is -2.39. The van der Waals surface area contributed by atoms with Crippen LogP contribution in [0.3, 0.4) is 0 Å². The van der Waals surface area contributed by atoms with Crippen LogP contribution >= 0.6 is 11.3 Å². The molecular formula is C15H25N3OS. The van der Waals surface area contributed by atoms with Crippen molar-refractivity contribution in [3.05, 3.63) is 21.9 Å². The Morgan fingerprint density at radius 3 is 3.15 bits per heavy atom. The van der Waals surface area contributed by atoms with Gasteiger partial charge in [0.15, 0.2) is 0 Å². The van der Waals surface area contributed by atoms with Gasteiger partial charge in [-0.2, -0.15) is 0 Å². The first-order valence-electron chi connectivity index (χ1n) is 7.46. The van der Waals surface area contributed by atoms with Crippen LogP contribution in [0, 0.1) is 0 Å². The van der Waals surface area contributed by atoms with Gasteiger partial charge in [0.05, 0.1) is 0 Å². The Morgan fingerprint density at radius 2 is 2.45 bits per heavy atom. The number of hydrogen-bond acceptors (Lipinski definition) is 4. The molecule has 1 aromatic heterocycles. The van der Waals surface area contributed by atoms with Crippen molar-refractivity contribution in [3.63, 3.8) is 0 Å². The van der Waals surface area contributed by atoms with Crippen LogP contribution in [-0.4, -0.2) is 36.5 Å². The molecule has 0 saturated heterocycles. The standard InChI is InChI=1S/C15H25N3OS/c1-3-6-17-15(19)9-12(10-16)18-7-4-14-13(11(18)2)5-8-20-14/h5,8,11-12H,3-4,6-7,9-10,16H2,1-2H3,(H,17,19). The summed E-state index contributed by atoms with van der Waals surface area (Å²) < 4.78 is 0. The van der Waals surface area contributed by atoms with E-state index in [0.29, 0.717) is 19.0 Å². The largest absolute Gasteiger partial charge is 0.356 e. The second-order valence-corrected chi connectivity index (χ2v) is 6.41. The smallest absolute Gasteiger partial charge is 0.221 e. The van der Waals surface area contributed by atoms with Crippen molar-refractivity contribution in [3.8, 4) is 0 Å². The first-order valence-corrected chi connectivity index (χ1v) is 8.34. The molecule has 20 heavy (non-hydrogen) atoms. The van der Waals surface area contributed by atoms with Gasteiger partial charge in [-0.05, 0) is 36.8 Å². The Labute approximate surface area is 125 Å². The normalized spacial score (nSPS) is 20.4. The highest BCUT2D eigenvalue weighted by Gasteiger charge is 2.30. The number of nitrogens with zero attached hydrogens (tertiary/aromatic N) is 1. The molecule has 0 spiro atoms. The molecule has 0 fully saturated rings. The van der Waals surface area contributed by atoms with E-state index in [2.05, 4.69) is 35.5 Å². The number of rotatable bonds is 6. The number of hydrogen-bond donors (Lipinski definition) is 2. The van der Waals surface area contributed by atoms with Crippen LogP contribution in [0.5, 0.6) is 0 Å². The van der Waals surface area contributed by atoms with Crippen LogP contribution in [0.25, 0.3) is 0 Å². The minimum atomic E-state index is 0.116. The number of thiophene rings is 1. The van der Waals surface area contributed by atoms with Crippen molar-refractivity contribution in [2.75, 3.05) is 19.6 Å². The van der Waals surface area contributed by atoms with Gasteiger partial charge < -0.3 is 11.1 Å². The van der Waals surface area contributed by atoms with E-state index < -0.39 is 0 Å². The summed E-state index contributed by atoms with van der Waals surface area (Å²) in [6.07, 6.45) is 2.54. The predicted octanol–water partition coefficient (Wildman–Crippen LogP) is 1.91. The molecule has 0 aliphatic carbocycles. The van der Waals surface area contributed by atoms with Crippen molar-refractivity contribution in [1.82, 2.24) is 10.2 Å². The highest BCUT2D eigenvalue weighted by atomic mass is 32.1. The Hall–Kier alpha value is -0.910. The zero-order valence-corrected chi connectivity index (χ0v) is 13.2. The molecule has 2 unspecified atom stereocenters. The molecule has 1 aromatic rings. The summed E-state index contributed by atoms with van der Waals surface area (Å²) >= 11 is 1.84. The SMILES string of the molecule is CCCNC(=O)CC(CN)N1CCc2sccc2C1C. The van der Waals surface area contributed by atoms with Crippen molar-refractivity contribution in [2.45, 2.75) is 45.2 Å². The molecule has 4 nitrogen and oxygen atoms in total. The summed E-state index contributed by atoms with van der Waals surface area (Å²) in [5, 5.41) is 5.11. The summed E-state index contributed by atoms with van der Waals surface area (Å²) in [5.41, 5.74) is 7.33. The topological polar surface area (TPSA) is 58.4 Å². The highest BCUT2D eigenvalue weighted by Crippen LogP contribution is 2.34. The van der Waals surface area contributed by atoms with E-state index in [1.807, 2.05) is 11.3 Å². The van der Waals surface area contributed by atoms with E-state index in [9.17, 15) is 4.79 Å². The first kappa shape index (κ1) is 15.5. The van der Waals surface area contributed by atoms with E-state index in [1.165, 1.54) is 10.4 Å². The summed E-state index contributed by atoms with van der Waals surface area (Å²) in [7, 11) is 0. The maximum absolute atomic E-state index is 11.9. The quantitative estimate of drug-likeness (QED) is 0.843. The Morgan fingerprint density at radius 1 is 1.65 bits per heavy atom. The average molecular weight is 295 g/mol. The monoisotopic (exact) mass is 295 g/mol. The second kappa shape index (κ2) is 7.20. The zero-order chi connectivity index (χ0) is 14.5. The van der Waals surface area contributed by atoms with Gasteiger partial charge in [-0.25, -0.2) is 0 Å². The van der Waals surface area contributed by atoms with Gasteiger partial charge in [0.25, 0.3) is 0 Å². The molecule has 0 radical (unpaired) electrons. The third-order valence-electron chi connectivity index (χ3n) is 4.06. The van der Waals surface area contributed by atoms with Gasteiger partial charge in [-0.1, -0.05) is 6.92 Å². The lowest BCUT2D eigenvalue weighted by atomic mass is 9.98. The summed E-state index contributed by atoms with van der Waals surface area (Å²) in [5.74, 6) is 0.116. The van der Waals surface area contributed by atoms with Crippen LogP contribution in [0.1, 0.15) is 43.2 Å². The molecule has 1 amide bonds. The van der Waals surface area contributed by atoms with Crippen LogP contribution in [0.4, 0.5) is 0 Å². The molecule has 5 heteroatoms. The number of carbonyl (C=O) groups excluding carboxylic acids is 1. The first-order chi connectivity index (χ1) is 9.67. The molecule has 2 atom stereocenters. The Kier molecular flexibility index (Phi) is 5.57. The minimum Gasteiger partial charge on any atom is -0.356 e. The number of fused-ring (bicyclic) bond motifs is 1. The summed E-state index contributed by atoms with van der Waals surface area (Å²) in [6.45, 7) is 6.56.